The van der Waals surface area contributed by atoms with Crippen molar-refractivity contribution < 1.29 is 0 Å². The van der Waals surface area contributed by atoms with Crippen molar-refractivity contribution in [2.24, 2.45) is 0 Å². The monoisotopic (exact) mass is 185 g/mol. The van der Waals surface area contributed by atoms with E-state index >= 15 is 0 Å². The highest BCUT2D eigenvalue weighted by molar-refractivity contribution is 7.11. The van der Waals surface area contributed by atoms with Crippen LogP contribution in [-0.2, 0) is 6.42 Å². The van der Waals surface area contributed by atoms with E-state index in [4.69, 9.17) is 0 Å². The van der Waals surface area contributed by atoms with Crippen molar-refractivity contribution in [2.45, 2.75) is 47.0 Å². The van der Waals surface area contributed by atoms with Crippen molar-refractivity contribution in [3.63, 3.8) is 0 Å². The van der Waals surface area contributed by atoms with Gasteiger partial charge in [0, 0.05) is 11.1 Å². The van der Waals surface area contributed by atoms with Crippen molar-refractivity contribution in [2.75, 3.05) is 0 Å². The molecular formula is C10H19NS. The van der Waals surface area contributed by atoms with E-state index in [1.807, 2.05) is 31.4 Å². The topological polar surface area (TPSA) is 12.9 Å². The highest BCUT2D eigenvalue weighted by Gasteiger charge is 1.95. The maximum Gasteiger partial charge on any atom is 0.0927 e. The van der Waals surface area contributed by atoms with E-state index < -0.39 is 0 Å². The molecule has 1 rings (SSSR count). The summed E-state index contributed by atoms with van der Waals surface area (Å²) in [6.45, 7) is 8.31. The molecule has 0 unspecified atom stereocenters. The first-order valence-corrected chi connectivity index (χ1v) is 5.56. The van der Waals surface area contributed by atoms with E-state index in [0.29, 0.717) is 0 Å². The molecule has 12 heavy (non-hydrogen) atoms. The van der Waals surface area contributed by atoms with Gasteiger partial charge < -0.3 is 0 Å². The summed E-state index contributed by atoms with van der Waals surface area (Å²) in [5, 5.41) is 1.29. The van der Waals surface area contributed by atoms with Crippen LogP contribution in [0, 0.1) is 6.92 Å². The predicted molar refractivity (Wildman–Crippen MR) is 56.8 cm³/mol. The summed E-state index contributed by atoms with van der Waals surface area (Å²) in [5.74, 6) is 0. The third-order valence-corrected chi connectivity index (χ3v) is 2.39. The second kappa shape index (κ2) is 7.29. The Labute approximate surface area is 79.9 Å². The number of aromatic nitrogens is 1. The Hall–Kier alpha value is -0.370. The van der Waals surface area contributed by atoms with Crippen LogP contribution in [0.5, 0.6) is 0 Å². The van der Waals surface area contributed by atoms with Gasteiger partial charge in [-0.1, -0.05) is 27.2 Å². The Balaban J connectivity index is 0.000000561. The highest BCUT2D eigenvalue weighted by Crippen LogP contribution is 2.13. The molecule has 0 aromatic carbocycles. The summed E-state index contributed by atoms with van der Waals surface area (Å²) in [6.07, 6.45) is 5.65. The molecule has 0 radical (unpaired) electrons. The fourth-order valence-electron chi connectivity index (χ4n) is 0.845. The average Bonchev–Trinajstić information content (AvgIpc) is 2.51. The van der Waals surface area contributed by atoms with Gasteiger partial charge in [-0.3, -0.25) is 0 Å². The first-order valence-electron chi connectivity index (χ1n) is 4.74. The van der Waals surface area contributed by atoms with Crippen LogP contribution in [-0.4, -0.2) is 4.98 Å². The van der Waals surface area contributed by atoms with E-state index in [0.717, 1.165) is 6.42 Å². The molecule has 0 N–H and O–H groups in total. The van der Waals surface area contributed by atoms with Gasteiger partial charge in [-0.05, 0) is 19.8 Å². The highest BCUT2D eigenvalue weighted by atomic mass is 32.1. The van der Waals surface area contributed by atoms with E-state index in [9.17, 15) is 0 Å². The third-order valence-electron chi connectivity index (χ3n) is 1.41. The summed E-state index contributed by atoms with van der Waals surface area (Å²) >= 11 is 1.82. The molecule has 0 bridgehead atoms. The molecule has 1 nitrogen and oxygen atoms in total. The van der Waals surface area contributed by atoms with E-state index in [2.05, 4.69) is 18.8 Å². The van der Waals surface area contributed by atoms with Crippen molar-refractivity contribution in [1.29, 1.82) is 0 Å². The van der Waals surface area contributed by atoms with Gasteiger partial charge in [0.25, 0.3) is 0 Å². The number of aryl methyl sites for hydroxylation is 2. The van der Waals surface area contributed by atoms with E-state index in [1.54, 1.807) is 0 Å². The number of hydrogen-bond acceptors (Lipinski definition) is 2. The van der Waals surface area contributed by atoms with Crippen LogP contribution in [0.15, 0.2) is 6.20 Å². The third kappa shape index (κ3) is 4.50. The van der Waals surface area contributed by atoms with Crippen molar-refractivity contribution in [3.8, 4) is 0 Å². The Bertz CT molecular complexity index is 193. The van der Waals surface area contributed by atoms with Gasteiger partial charge in [-0.25, -0.2) is 4.98 Å². The zero-order valence-corrected chi connectivity index (χ0v) is 9.37. The van der Waals surface area contributed by atoms with Crippen LogP contribution >= 0.6 is 11.3 Å². The van der Waals surface area contributed by atoms with Crippen LogP contribution < -0.4 is 0 Å². The standard InChI is InChI=1S/C8H13NS.C2H6/c1-3-4-5-8-9-6-7(2)10-8;1-2/h6H,3-5H2,1-2H3;1-2H3. The van der Waals surface area contributed by atoms with Gasteiger partial charge in [0.05, 0.1) is 5.01 Å². The number of hydrogen-bond donors (Lipinski definition) is 0. The molecule has 0 aliphatic rings. The fraction of sp³-hybridized carbons (Fsp3) is 0.700. The zero-order chi connectivity index (χ0) is 9.40. The van der Waals surface area contributed by atoms with Crippen LogP contribution in [0.25, 0.3) is 0 Å². The summed E-state index contributed by atoms with van der Waals surface area (Å²) in [5.41, 5.74) is 0. The molecule has 0 aliphatic carbocycles. The van der Waals surface area contributed by atoms with Gasteiger partial charge in [-0.2, -0.15) is 0 Å². The fourth-order valence-corrected chi connectivity index (χ4v) is 1.67. The second-order valence-electron chi connectivity index (χ2n) is 2.47. The zero-order valence-electron chi connectivity index (χ0n) is 8.55. The minimum Gasteiger partial charge on any atom is -0.249 e. The molecular weight excluding hydrogens is 166 g/mol. The molecule has 70 valence electrons. The normalized spacial score (nSPS) is 9.00. The minimum atomic E-state index is 1.16. The summed E-state index contributed by atoms with van der Waals surface area (Å²) < 4.78 is 0. The molecule has 0 atom stereocenters. The lowest BCUT2D eigenvalue weighted by molar-refractivity contribution is 0.790. The van der Waals surface area contributed by atoms with Crippen LogP contribution in [0.3, 0.4) is 0 Å². The van der Waals surface area contributed by atoms with Crippen LogP contribution in [0.2, 0.25) is 0 Å². The summed E-state index contributed by atoms with van der Waals surface area (Å²) in [7, 11) is 0. The van der Waals surface area contributed by atoms with Gasteiger partial charge >= 0.3 is 0 Å². The number of thiazole rings is 1. The molecule has 0 spiro atoms. The number of unbranched alkanes of at least 4 members (excludes halogenated alkanes) is 1. The Morgan fingerprint density at radius 3 is 2.50 bits per heavy atom. The van der Waals surface area contributed by atoms with E-state index in [-0.39, 0.29) is 0 Å². The number of rotatable bonds is 3. The van der Waals surface area contributed by atoms with Crippen LogP contribution in [0.1, 0.15) is 43.5 Å². The minimum absolute atomic E-state index is 1.16. The lowest BCUT2D eigenvalue weighted by atomic mass is 10.3. The van der Waals surface area contributed by atoms with Gasteiger partial charge in [0.2, 0.25) is 0 Å². The Morgan fingerprint density at radius 1 is 1.42 bits per heavy atom. The predicted octanol–water partition coefficient (Wildman–Crippen LogP) is 3.82. The Kier molecular flexibility index (Phi) is 7.06. The lowest BCUT2D eigenvalue weighted by Crippen LogP contribution is -1.80. The first kappa shape index (κ1) is 11.6. The maximum absolute atomic E-state index is 4.27. The van der Waals surface area contributed by atoms with Crippen LogP contribution in [0.4, 0.5) is 0 Å². The van der Waals surface area contributed by atoms with Crippen molar-refractivity contribution >= 4 is 11.3 Å². The molecule has 0 saturated carbocycles. The molecule has 1 heterocycles. The molecule has 2 heteroatoms. The molecule has 0 amide bonds. The van der Waals surface area contributed by atoms with Crippen molar-refractivity contribution in [1.82, 2.24) is 4.98 Å². The molecule has 1 aromatic rings. The SMILES string of the molecule is CC.CCCCc1ncc(C)s1. The van der Waals surface area contributed by atoms with Gasteiger partial charge in [0.1, 0.15) is 0 Å². The maximum atomic E-state index is 4.27. The smallest absolute Gasteiger partial charge is 0.0927 e. The largest absolute Gasteiger partial charge is 0.249 e. The van der Waals surface area contributed by atoms with Crippen molar-refractivity contribution in [3.05, 3.63) is 16.1 Å². The summed E-state index contributed by atoms with van der Waals surface area (Å²) in [6, 6.07) is 0. The quantitative estimate of drug-likeness (QED) is 0.697. The molecule has 0 fully saturated rings. The lowest BCUT2D eigenvalue weighted by Gasteiger charge is -1.89. The van der Waals surface area contributed by atoms with E-state index in [1.165, 1.54) is 22.7 Å². The molecule has 0 saturated heterocycles. The van der Waals surface area contributed by atoms with Gasteiger partial charge in [0.15, 0.2) is 0 Å². The second-order valence-corrected chi connectivity index (χ2v) is 3.79. The average molecular weight is 185 g/mol. The first-order chi connectivity index (χ1) is 5.83. The molecule has 1 aromatic heterocycles. The van der Waals surface area contributed by atoms with Gasteiger partial charge in [-0.15, -0.1) is 11.3 Å². The number of nitrogens with zero attached hydrogens (tertiary/aromatic N) is 1. The molecule has 0 aliphatic heterocycles. The Morgan fingerprint density at radius 2 is 2.08 bits per heavy atom. The summed E-state index contributed by atoms with van der Waals surface area (Å²) in [4.78, 5) is 5.60.